The maximum Gasteiger partial charge on any atom is 0.136 e. The molecular formula is C15H25NO. The topological polar surface area (TPSA) is 20.3 Å². The van der Waals surface area contributed by atoms with Crippen LogP contribution in [0.15, 0.2) is 0 Å². The lowest BCUT2D eigenvalue weighted by atomic mass is 9.82. The summed E-state index contributed by atoms with van der Waals surface area (Å²) in [5.41, 5.74) is 0. The first-order chi connectivity index (χ1) is 8.28. The molecule has 0 spiro atoms. The minimum absolute atomic E-state index is 0.525. The fraction of sp³-hybridized carbons (Fsp3) is 0.933. The molecule has 17 heavy (non-hydrogen) atoms. The van der Waals surface area contributed by atoms with Crippen LogP contribution >= 0.6 is 0 Å². The summed E-state index contributed by atoms with van der Waals surface area (Å²) in [5, 5.41) is 0. The number of piperidine rings is 1. The van der Waals surface area contributed by atoms with Crippen molar-refractivity contribution in [1.82, 2.24) is 4.90 Å². The third-order valence-electron chi connectivity index (χ3n) is 5.36. The van der Waals surface area contributed by atoms with E-state index < -0.39 is 0 Å². The monoisotopic (exact) mass is 235 g/mol. The van der Waals surface area contributed by atoms with Gasteiger partial charge in [-0.15, -0.1) is 0 Å². The molecule has 0 aromatic heterocycles. The molecule has 0 aromatic rings. The van der Waals surface area contributed by atoms with Gasteiger partial charge in [0.1, 0.15) is 5.78 Å². The Hall–Kier alpha value is -0.370. The lowest BCUT2D eigenvalue weighted by Crippen LogP contribution is -2.50. The quantitative estimate of drug-likeness (QED) is 0.733. The van der Waals surface area contributed by atoms with Crippen molar-refractivity contribution in [3.63, 3.8) is 0 Å². The number of nitrogens with zero attached hydrogens (tertiary/aromatic N) is 1. The summed E-state index contributed by atoms with van der Waals surface area (Å²) in [7, 11) is 0. The molecule has 0 N–H and O–H groups in total. The van der Waals surface area contributed by atoms with Gasteiger partial charge in [-0.3, -0.25) is 9.69 Å². The van der Waals surface area contributed by atoms with Crippen molar-refractivity contribution in [2.24, 2.45) is 5.92 Å². The number of rotatable bonds is 2. The van der Waals surface area contributed by atoms with Crippen molar-refractivity contribution in [3.8, 4) is 0 Å². The molecule has 2 heterocycles. The van der Waals surface area contributed by atoms with Crippen molar-refractivity contribution in [1.29, 1.82) is 0 Å². The first-order valence-electron chi connectivity index (χ1n) is 7.57. The van der Waals surface area contributed by atoms with Crippen LogP contribution in [0.2, 0.25) is 0 Å². The summed E-state index contributed by atoms with van der Waals surface area (Å²) >= 11 is 0. The number of hydrogen-bond donors (Lipinski definition) is 0. The molecule has 3 rings (SSSR count). The predicted octanol–water partition coefficient (Wildman–Crippen LogP) is 3.15. The number of carbonyl (C=O) groups excluding carboxylic acids is 1. The highest BCUT2D eigenvalue weighted by Crippen LogP contribution is 2.40. The summed E-state index contributed by atoms with van der Waals surface area (Å²) in [5.74, 6) is 1.47. The largest absolute Gasteiger partial charge is 0.300 e. The van der Waals surface area contributed by atoms with Gasteiger partial charge in [-0.05, 0) is 31.6 Å². The van der Waals surface area contributed by atoms with E-state index in [1.807, 2.05) is 0 Å². The molecule has 2 nitrogen and oxygen atoms in total. The third-order valence-corrected chi connectivity index (χ3v) is 5.36. The maximum atomic E-state index is 11.6. The summed E-state index contributed by atoms with van der Waals surface area (Å²) in [6.07, 6.45) is 11.2. The van der Waals surface area contributed by atoms with Crippen LogP contribution in [0.25, 0.3) is 0 Å². The van der Waals surface area contributed by atoms with E-state index in [4.69, 9.17) is 0 Å². The normalized spacial score (nSPS) is 43.0. The molecule has 2 bridgehead atoms. The van der Waals surface area contributed by atoms with Crippen LogP contribution in [0, 0.1) is 5.92 Å². The molecule has 1 aliphatic carbocycles. The average Bonchev–Trinajstić information content (AvgIpc) is 2.62. The zero-order valence-corrected chi connectivity index (χ0v) is 11.0. The number of fused-ring (bicyclic) bond motifs is 2. The van der Waals surface area contributed by atoms with Crippen molar-refractivity contribution < 1.29 is 4.79 Å². The lowest BCUT2D eigenvalue weighted by molar-refractivity contribution is -0.124. The minimum Gasteiger partial charge on any atom is -0.300 e. The van der Waals surface area contributed by atoms with E-state index in [0.717, 1.165) is 24.8 Å². The van der Waals surface area contributed by atoms with Crippen LogP contribution in [-0.2, 0) is 4.79 Å². The van der Waals surface area contributed by atoms with Crippen molar-refractivity contribution >= 4 is 5.78 Å². The van der Waals surface area contributed by atoms with Crippen molar-refractivity contribution in [2.45, 2.75) is 82.8 Å². The molecule has 4 atom stereocenters. The summed E-state index contributed by atoms with van der Waals surface area (Å²) in [6.45, 7) is 2.33. The predicted molar refractivity (Wildman–Crippen MR) is 68.9 cm³/mol. The first-order valence-corrected chi connectivity index (χ1v) is 7.57. The molecular weight excluding hydrogens is 210 g/mol. The van der Waals surface area contributed by atoms with E-state index in [1.165, 1.54) is 44.9 Å². The molecule has 2 saturated heterocycles. The number of carbonyl (C=O) groups is 1. The SMILES string of the molecule is CCC1CCCC(N2C3CCC2CC(=O)C3)C1. The smallest absolute Gasteiger partial charge is 0.136 e. The average molecular weight is 235 g/mol. The second-order valence-electron chi connectivity index (χ2n) is 6.37. The fourth-order valence-electron chi connectivity index (χ4n) is 4.51. The van der Waals surface area contributed by atoms with E-state index in [2.05, 4.69) is 11.8 Å². The molecule has 0 amide bonds. The van der Waals surface area contributed by atoms with Crippen LogP contribution in [-0.4, -0.2) is 28.8 Å². The Morgan fingerprint density at radius 1 is 1.06 bits per heavy atom. The highest BCUT2D eigenvalue weighted by atomic mass is 16.1. The molecule has 3 fully saturated rings. The van der Waals surface area contributed by atoms with E-state index in [9.17, 15) is 4.79 Å². The molecule has 0 aromatic carbocycles. The second-order valence-corrected chi connectivity index (χ2v) is 6.37. The van der Waals surface area contributed by atoms with E-state index in [0.29, 0.717) is 17.9 Å². The van der Waals surface area contributed by atoms with Gasteiger partial charge in [0.15, 0.2) is 0 Å². The molecule has 0 radical (unpaired) electrons. The standard InChI is InChI=1S/C15H25NO/c1-2-11-4-3-5-12(8-11)16-13-6-7-14(16)10-15(17)9-13/h11-14H,2-10H2,1H3. The highest BCUT2D eigenvalue weighted by molar-refractivity contribution is 5.81. The molecule has 1 saturated carbocycles. The lowest BCUT2D eigenvalue weighted by Gasteiger charge is -2.43. The van der Waals surface area contributed by atoms with Gasteiger partial charge in [0.25, 0.3) is 0 Å². The minimum atomic E-state index is 0.525. The Labute approximate surface area is 105 Å². The van der Waals surface area contributed by atoms with Crippen LogP contribution in [0.5, 0.6) is 0 Å². The van der Waals surface area contributed by atoms with E-state index in [-0.39, 0.29) is 0 Å². The van der Waals surface area contributed by atoms with E-state index in [1.54, 1.807) is 0 Å². The Bertz CT molecular complexity index is 285. The molecule has 4 unspecified atom stereocenters. The number of hydrogen-bond acceptors (Lipinski definition) is 2. The summed E-state index contributed by atoms with van der Waals surface area (Å²) < 4.78 is 0. The fourth-order valence-corrected chi connectivity index (χ4v) is 4.51. The van der Waals surface area contributed by atoms with Gasteiger partial charge in [-0.2, -0.15) is 0 Å². The Morgan fingerprint density at radius 3 is 2.41 bits per heavy atom. The zero-order chi connectivity index (χ0) is 11.8. The van der Waals surface area contributed by atoms with Gasteiger partial charge < -0.3 is 0 Å². The van der Waals surface area contributed by atoms with Gasteiger partial charge in [0.05, 0.1) is 0 Å². The van der Waals surface area contributed by atoms with Crippen LogP contribution in [0.1, 0.15) is 64.7 Å². The maximum absolute atomic E-state index is 11.6. The molecule has 2 heteroatoms. The summed E-state index contributed by atoms with van der Waals surface area (Å²) in [6, 6.07) is 2.03. The van der Waals surface area contributed by atoms with Crippen LogP contribution < -0.4 is 0 Å². The zero-order valence-electron chi connectivity index (χ0n) is 11.0. The number of Topliss-reactive ketones (excluding diaryl/α,β-unsaturated/α-hetero) is 1. The summed E-state index contributed by atoms with van der Waals surface area (Å²) in [4.78, 5) is 14.4. The Balaban J connectivity index is 1.70. The molecule has 96 valence electrons. The first kappa shape index (κ1) is 11.7. The van der Waals surface area contributed by atoms with Gasteiger partial charge in [-0.1, -0.05) is 26.2 Å². The number of ketones is 1. The highest BCUT2D eigenvalue weighted by Gasteiger charge is 2.44. The third kappa shape index (κ3) is 2.16. The Kier molecular flexibility index (Phi) is 3.25. The van der Waals surface area contributed by atoms with Gasteiger partial charge in [0.2, 0.25) is 0 Å². The van der Waals surface area contributed by atoms with Crippen LogP contribution in [0.3, 0.4) is 0 Å². The van der Waals surface area contributed by atoms with Gasteiger partial charge >= 0.3 is 0 Å². The van der Waals surface area contributed by atoms with Gasteiger partial charge in [-0.25, -0.2) is 0 Å². The van der Waals surface area contributed by atoms with Crippen molar-refractivity contribution in [3.05, 3.63) is 0 Å². The van der Waals surface area contributed by atoms with Crippen LogP contribution in [0.4, 0.5) is 0 Å². The Morgan fingerprint density at radius 2 is 1.76 bits per heavy atom. The molecule has 3 aliphatic rings. The van der Waals surface area contributed by atoms with E-state index >= 15 is 0 Å². The second kappa shape index (κ2) is 4.72. The molecule has 2 aliphatic heterocycles. The van der Waals surface area contributed by atoms with Gasteiger partial charge in [0, 0.05) is 31.0 Å². The van der Waals surface area contributed by atoms with Crippen molar-refractivity contribution in [2.75, 3.05) is 0 Å².